The van der Waals surface area contributed by atoms with Crippen molar-refractivity contribution in [2.45, 2.75) is 13.0 Å². The van der Waals surface area contributed by atoms with Crippen LogP contribution in [0.5, 0.6) is 0 Å². The average molecular weight is 279 g/mol. The van der Waals surface area contributed by atoms with Crippen molar-refractivity contribution in [3.05, 3.63) is 23.9 Å². The lowest BCUT2D eigenvalue weighted by Crippen LogP contribution is -2.40. The van der Waals surface area contributed by atoms with Crippen LogP contribution < -0.4 is 10.2 Å². The van der Waals surface area contributed by atoms with E-state index in [0.717, 1.165) is 18.9 Å². The molecule has 1 aromatic rings. The smallest absolute Gasteiger partial charge is 0.255 e. The van der Waals surface area contributed by atoms with Gasteiger partial charge in [0.25, 0.3) is 5.91 Å². The van der Waals surface area contributed by atoms with Gasteiger partial charge in [0, 0.05) is 32.4 Å². The summed E-state index contributed by atoms with van der Waals surface area (Å²) >= 11 is 0. The van der Waals surface area contributed by atoms with E-state index in [4.69, 9.17) is 9.47 Å². The molecule has 0 saturated carbocycles. The summed E-state index contributed by atoms with van der Waals surface area (Å²) in [5.41, 5.74) is 0.595. The molecule has 2 heterocycles. The molecule has 1 unspecified atom stereocenters. The third-order valence-corrected chi connectivity index (χ3v) is 3.14. The van der Waals surface area contributed by atoms with Gasteiger partial charge in [0.15, 0.2) is 0 Å². The number of methoxy groups -OCH3 is 1. The first-order valence-corrected chi connectivity index (χ1v) is 6.80. The number of hydrogen-bond donors (Lipinski definition) is 1. The lowest BCUT2D eigenvalue weighted by atomic mass is 10.2. The molecule has 0 radical (unpaired) electrons. The Balaban J connectivity index is 2.12. The molecule has 1 N–H and O–H groups in total. The highest BCUT2D eigenvalue weighted by Crippen LogP contribution is 2.18. The first-order valence-electron chi connectivity index (χ1n) is 6.80. The van der Waals surface area contributed by atoms with E-state index in [1.54, 1.807) is 25.4 Å². The number of anilines is 1. The van der Waals surface area contributed by atoms with Crippen LogP contribution in [0.15, 0.2) is 18.3 Å². The van der Waals surface area contributed by atoms with Gasteiger partial charge in [-0.05, 0) is 19.1 Å². The summed E-state index contributed by atoms with van der Waals surface area (Å²) in [7, 11) is 1.62. The molecule has 1 aliphatic heterocycles. The molecule has 0 aromatic carbocycles. The molecule has 0 aliphatic carbocycles. The number of carbonyl (C=O) groups excluding carboxylic acids is 1. The molecule has 6 nitrogen and oxygen atoms in total. The Morgan fingerprint density at radius 3 is 3.00 bits per heavy atom. The number of rotatable bonds is 5. The lowest BCUT2D eigenvalue weighted by Gasteiger charge is -2.29. The number of amides is 1. The van der Waals surface area contributed by atoms with Crippen molar-refractivity contribution < 1.29 is 14.3 Å². The summed E-state index contributed by atoms with van der Waals surface area (Å²) in [5.74, 6) is 0.599. The summed E-state index contributed by atoms with van der Waals surface area (Å²) in [5, 5.41) is 2.91. The second-order valence-corrected chi connectivity index (χ2v) is 4.80. The number of aromatic nitrogens is 1. The predicted molar refractivity (Wildman–Crippen MR) is 76.1 cm³/mol. The second-order valence-electron chi connectivity index (χ2n) is 4.80. The Morgan fingerprint density at radius 1 is 1.55 bits per heavy atom. The maximum absolute atomic E-state index is 12.3. The van der Waals surface area contributed by atoms with Crippen molar-refractivity contribution in [2.75, 3.05) is 44.9 Å². The topological polar surface area (TPSA) is 63.7 Å². The van der Waals surface area contributed by atoms with E-state index in [1.807, 2.05) is 6.92 Å². The maximum atomic E-state index is 12.3. The van der Waals surface area contributed by atoms with Gasteiger partial charge in [-0.3, -0.25) is 4.79 Å². The van der Waals surface area contributed by atoms with Gasteiger partial charge < -0.3 is 19.7 Å². The van der Waals surface area contributed by atoms with Crippen molar-refractivity contribution >= 4 is 11.7 Å². The Hall–Kier alpha value is -1.66. The average Bonchev–Trinajstić information content (AvgIpc) is 2.48. The molecule has 1 aliphatic rings. The van der Waals surface area contributed by atoms with Crippen LogP contribution >= 0.6 is 0 Å². The molecule has 6 heteroatoms. The van der Waals surface area contributed by atoms with Crippen LogP contribution in [-0.4, -0.2) is 57.0 Å². The highest BCUT2D eigenvalue weighted by Gasteiger charge is 2.20. The first kappa shape index (κ1) is 14.7. The largest absolute Gasteiger partial charge is 0.383 e. The van der Waals surface area contributed by atoms with Gasteiger partial charge in [0.2, 0.25) is 0 Å². The van der Waals surface area contributed by atoms with Crippen LogP contribution in [0, 0.1) is 0 Å². The highest BCUT2D eigenvalue weighted by atomic mass is 16.5. The van der Waals surface area contributed by atoms with E-state index in [2.05, 4.69) is 15.2 Å². The third kappa shape index (κ3) is 3.68. The number of pyridine rings is 1. The minimum absolute atomic E-state index is 0.0368. The summed E-state index contributed by atoms with van der Waals surface area (Å²) in [4.78, 5) is 18.8. The van der Waals surface area contributed by atoms with Gasteiger partial charge in [0.05, 0.1) is 25.4 Å². The zero-order chi connectivity index (χ0) is 14.4. The number of hydrogen-bond acceptors (Lipinski definition) is 5. The van der Waals surface area contributed by atoms with E-state index in [9.17, 15) is 4.79 Å². The minimum atomic E-state index is -0.121. The predicted octanol–water partition coefficient (Wildman–Crippen LogP) is 0.683. The van der Waals surface area contributed by atoms with Crippen molar-refractivity contribution in [2.24, 2.45) is 0 Å². The quantitative estimate of drug-likeness (QED) is 0.859. The van der Waals surface area contributed by atoms with E-state index < -0.39 is 0 Å². The molecule has 110 valence electrons. The van der Waals surface area contributed by atoms with E-state index in [-0.39, 0.29) is 11.9 Å². The summed E-state index contributed by atoms with van der Waals surface area (Å²) < 4.78 is 10.4. The Labute approximate surface area is 119 Å². The Morgan fingerprint density at radius 2 is 2.30 bits per heavy atom. The standard InChI is InChI=1S/C14H21N3O3/c1-11(10-19-2)16-14(18)12-4-3-5-15-13(12)17-6-8-20-9-7-17/h3-5,11H,6-10H2,1-2H3,(H,16,18). The normalized spacial score (nSPS) is 16.8. The summed E-state index contributed by atoms with van der Waals surface area (Å²) in [6.07, 6.45) is 1.71. The van der Waals surface area contributed by atoms with Crippen LogP contribution in [0.2, 0.25) is 0 Å². The van der Waals surface area contributed by atoms with Crippen LogP contribution in [0.1, 0.15) is 17.3 Å². The molecule has 0 spiro atoms. The molecule has 1 aromatic heterocycles. The Bertz CT molecular complexity index is 447. The van der Waals surface area contributed by atoms with Crippen LogP contribution in [-0.2, 0) is 9.47 Å². The van der Waals surface area contributed by atoms with Gasteiger partial charge in [0.1, 0.15) is 5.82 Å². The van der Waals surface area contributed by atoms with Crippen molar-refractivity contribution in [1.29, 1.82) is 0 Å². The van der Waals surface area contributed by atoms with Crippen molar-refractivity contribution in [3.63, 3.8) is 0 Å². The third-order valence-electron chi connectivity index (χ3n) is 3.14. The fraction of sp³-hybridized carbons (Fsp3) is 0.571. The van der Waals surface area contributed by atoms with Crippen molar-refractivity contribution in [3.8, 4) is 0 Å². The SMILES string of the molecule is COCC(C)NC(=O)c1cccnc1N1CCOCC1. The molecule has 1 saturated heterocycles. The number of morpholine rings is 1. The molecular weight excluding hydrogens is 258 g/mol. The summed E-state index contributed by atoms with van der Waals surface area (Å²) in [6.45, 7) is 5.23. The second kappa shape index (κ2) is 7.21. The fourth-order valence-corrected chi connectivity index (χ4v) is 2.19. The van der Waals surface area contributed by atoms with Crippen LogP contribution in [0.25, 0.3) is 0 Å². The minimum Gasteiger partial charge on any atom is -0.383 e. The molecule has 1 atom stereocenters. The van der Waals surface area contributed by atoms with E-state index >= 15 is 0 Å². The fourth-order valence-electron chi connectivity index (χ4n) is 2.19. The van der Waals surface area contributed by atoms with Gasteiger partial charge in [-0.2, -0.15) is 0 Å². The molecule has 1 fully saturated rings. The zero-order valence-electron chi connectivity index (χ0n) is 12.0. The Kier molecular flexibility index (Phi) is 5.31. The van der Waals surface area contributed by atoms with Gasteiger partial charge in [-0.1, -0.05) is 0 Å². The van der Waals surface area contributed by atoms with E-state index in [0.29, 0.717) is 25.4 Å². The monoisotopic (exact) mass is 279 g/mol. The van der Waals surface area contributed by atoms with Gasteiger partial charge >= 0.3 is 0 Å². The first-order chi connectivity index (χ1) is 9.72. The summed E-state index contributed by atoms with van der Waals surface area (Å²) in [6, 6.07) is 3.54. The van der Waals surface area contributed by atoms with Crippen molar-refractivity contribution in [1.82, 2.24) is 10.3 Å². The number of nitrogens with zero attached hydrogens (tertiary/aromatic N) is 2. The number of ether oxygens (including phenoxy) is 2. The number of nitrogens with one attached hydrogen (secondary N) is 1. The van der Waals surface area contributed by atoms with E-state index in [1.165, 1.54) is 0 Å². The molecule has 2 rings (SSSR count). The molecular formula is C14H21N3O3. The van der Waals surface area contributed by atoms with Gasteiger partial charge in [-0.15, -0.1) is 0 Å². The molecule has 0 bridgehead atoms. The van der Waals surface area contributed by atoms with Crippen LogP contribution in [0.3, 0.4) is 0 Å². The maximum Gasteiger partial charge on any atom is 0.255 e. The zero-order valence-corrected chi connectivity index (χ0v) is 12.0. The molecule has 20 heavy (non-hydrogen) atoms. The van der Waals surface area contributed by atoms with Crippen LogP contribution in [0.4, 0.5) is 5.82 Å². The lowest BCUT2D eigenvalue weighted by molar-refractivity contribution is 0.0904. The highest BCUT2D eigenvalue weighted by molar-refractivity contribution is 5.99. The number of carbonyl (C=O) groups is 1. The molecule has 1 amide bonds. The van der Waals surface area contributed by atoms with Gasteiger partial charge in [-0.25, -0.2) is 4.98 Å².